The molecule has 1 aromatic heterocycles. The summed E-state index contributed by atoms with van der Waals surface area (Å²) in [4.78, 5) is 18.2. The van der Waals surface area contributed by atoms with Crippen LogP contribution in [-0.2, 0) is 4.74 Å². The van der Waals surface area contributed by atoms with Gasteiger partial charge in [0.1, 0.15) is 11.4 Å². The van der Waals surface area contributed by atoms with Gasteiger partial charge in [0.15, 0.2) is 6.20 Å². The van der Waals surface area contributed by atoms with Crippen LogP contribution in [0.4, 0.5) is 10.1 Å². The minimum absolute atomic E-state index is 0.206. The molecule has 2 fully saturated rings. The molecule has 2 atom stereocenters. The van der Waals surface area contributed by atoms with Gasteiger partial charge in [-0.15, -0.1) is 0 Å². The highest BCUT2D eigenvalue weighted by Crippen LogP contribution is 2.54. The molecule has 1 saturated heterocycles. The van der Waals surface area contributed by atoms with Gasteiger partial charge in [-0.05, 0) is 49.1 Å². The molecule has 1 aromatic carbocycles. The van der Waals surface area contributed by atoms with Gasteiger partial charge in [0.25, 0.3) is 0 Å². The summed E-state index contributed by atoms with van der Waals surface area (Å²) in [7, 11) is 0. The molecule has 2 bridgehead atoms. The number of benzene rings is 1. The monoisotopic (exact) mass is 371 g/mol. The van der Waals surface area contributed by atoms with Gasteiger partial charge in [0.2, 0.25) is 5.52 Å². The van der Waals surface area contributed by atoms with E-state index in [1.54, 1.807) is 19.2 Å². The predicted octanol–water partition coefficient (Wildman–Crippen LogP) is 4.37. The average molecular weight is 371 g/mol. The molecule has 2 aliphatic rings. The lowest BCUT2D eigenvalue weighted by Crippen LogP contribution is -2.35. The number of fused-ring (bicyclic) bond motifs is 3. The van der Waals surface area contributed by atoms with Crippen LogP contribution in [0, 0.1) is 16.6 Å². The highest BCUT2D eigenvalue weighted by molar-refractivity contribution is 6.04. The smallest absolute Gasteiger partial charge is 0.346 e. The number of hydrogen-bond donors (Lipinski definition) is 0. The van der Waals surface area contributed by atoms with Crippen molar-refractivity contribution >= 4 is 22.6 Å². The van der Waals surface area contributed by atoms with E-state index < -0.39 is 0 Å². The number of pyridine rings is 1. The third kappa shape index (κ3) is 3.17. The third-order valence-corrected chi connectivity index (χ3v) is 6.06. The zero-order valence-electron chi connectivity index (χ0n) is 16.6. The number of H-pyrrole nitrogens is 1. The largest absolute Gasteiger partial charge is 0.462 e. The Morgan fingerprint density at radius 1 is 1.33 bits per heavy atom. The predicted molar refractivity (Wildman–Crippen MR) is 103 cm³/mol. The summed E-state index contributed by atoms with van der Waals surface area (Å²) in [5.74, 6) is -0.660. The van der Waals surface area contributed by atoms with Crippen molar-refractivity contribution in [1.29, 1.82) is 0 Å². The summed E-state index contributed by atoms with van der Waals surface area (Å²) < 4.78 is 19.4. The zero-order chi connectivity index (χ0) is 19.4. The fraction of sp³-hybridized carbons (Fsp3) is 0.545. The van der Waals surface area contributed by atoms with Gasteiger partial charge in [0.05, 0.1) is 17.7 Å². The number of ether oxygens (including phenoxy) is 1. The topological polar surface area (TPSA) is 43.7 Å². The van der Waals surface area contributed by atoms with E-state index in [4.69, 9.17) is 4.74 Å². The summed E-state index contributed by atoms with van der Waals surface area (Å²) in [6, 6.07) is 5.05. The highest BCUT2D eigenvalue weighted by Gasteiger charge is 2.50. The standard InChI is InChI=1S/C22H27FN2O2/c1-5-27-20(26)17-11-24-18-7-6-14(23)8-16(18)19(17)25-13-22(4)10-15(25)9-21(2,3)12-22/h6-8,11,15H,5,9-10,12-13H2,1-4H3/p+1/t15-,22-/m1/s1. The first-order chi connectivity index (χ1) is 12.7. The third-order valence-electron chi connectivity index (χ3n) is 6.06. The molecule has 1 saturated carbocycles. The average Bonchev–Trinajstić information content (AvgIpc) is 2.82. The van der Waals surface area contributed by atoms with Crippen LogP contribution >= 0.6 is 0 Å². The van der Waals surface area contributed by atoms with Gasteiger partial charge in [0, 0.05) is 18.7 Å². The van der Waals surface area contributed by atoms with E-state index in [-0.39, 0.29) is 22.6 Å². The Kier molecular flexibility index (Phi) is 4.17. The summed E-state index contributed by atoms with van der Waals surface area (Å²) in [6.07, 6.45) is 5.05. The van der Waals surface area contributed by atoms with E-state index in [1.807, 2.05) is 0 Å². The Bertz CT molecular complexity index is 911. The van der Waals surface area contributed by atoms with E-state index in [2.05, 4.69) is 30.7 Å². The molecule has 5 heteroatoms. The maximum absolute atomic E-state index is 14.1. The normalized spacial score (nSPS) is 26.4. The summed E-state index contributed by atoms with van der Waals surface area (Å²) in [5, 5.41) is 0.745. The van der Waals surface area contributed by atoms with Crippen molar-refractivity contribution in [3.63, 3.8) is 0 Å². The molecular formula is C22H28FN2O2+. The second-order valence-corrected chi connectivity index (χ2v) is 9.30. The van der Waals surface area contributed by atoms with Crippen LogP contribution in [0.3, 0.4) is 0 Å². The second-order valence-electron chi connectivity index (χ2n) is 9.30. The van der Waals surface area contributed by atoms with E-state index in [0.29, 0.717) is 18.2 Å². The van der Waals surface area contributed by atoms with Crippen LogP contribution in [0.15, 0.2) is 24.4 Å². The molecule has 0 amide bonds. The fourth-order valence-electron chi connectivity index (χ4n) is 5.60. The van der Waals surface area contributed by atoms with Crippen LogP contribution in [0.2, 0.25) is 0 Å². The molecule has 0 radical (unpaired) electrons. The van der Waals surface area contributed by atoms with Crippen molar-refractivity contribution in [1.82, 2.24) is 0 Å². The van der Waals surface area contributed by atoms with Gasteiger partial charge in [-0.1, -0.05) is 20.8 Å². The van der Waals surface area contributed by atoms with E-state index in [9.17, 15) is 9.18 Å². The molecule has 1 N–H and O–H groups in total. The number of aromatic amines is 1. The molecule has 4 nitrogen and oxygen atoms in total. The molecule has 0 spiro atoms. The van der Waals surface area contributed by atoms with Gasteiger partial charge in [-0.2, -0.15) is 0 Å². The van der Waals surface area contributed by atoms with Gasteiger partial charge in [-0.3, -0.25) is 0 Å². The number of carbonyl (C=O) groups is 1. The molecule has 2 heterocycles. The zero-order valence-corrected chi connectivity index (χ0v) is 16.6. The highest BCUT2D eigenvalue weighted by atomic mass is 19.1. The van der Waals surface area contributed by atoms with Crippen molar-refractivity contribution in [3.05, 3.63) is 35.8 Å². The van der Waals surface area contributed by atoms with Crippen LogP contribution in [0.25, 0.3) is 10.9 Å². The number of halogens is 1. The van der Waals surface area contributed by atoms with E-state index in [0.717, 1.165) is 42.4 Å². The number of hydrogen-bond acceptors (Lipinski definition) is 3. The fourth-order valence-corrected chi connectivity index (χ4v) is 5.60. The lowest BCUT2D eigenvalue weighted by Gasteiger charge is -2.39. The van der Waals surface area contributed by atoms with Crippen molar-refractivity contribution < 1.29 is 18.9 Å². The number of esters is 1. The number of rotatable bonds is 3. The van der Waals surface area contributed by atoms with E-state index >= 15 is 0 Å². The molecule has 144 valence electrons. The summed E-state index contributed by atoms with van der Waals surface area (Å²) >= 11 is 0. The SMILES string of the molecule is CCOC(=O)c1c[nH+]c2ccc(F)cc2c1N1C[C@]2(C)C[C@H]1CC(C)(C)C2. The molecule has 27 heavy (non-hydrogen) atoms. The first-order valence-corrected chi connectivity index (χ1v) is 9.79. The lowest BCUT2D eigenvalue weighted by molar-refractivity contribution is -0.344. The Morgan fingerprint density at radius 3 is 2.85 bits per heavy atom. The second kappa shape index (κ2) is 6.18. The summed E-state index contributed by atoms with van der Waals surface area (Å²) in [6.45, 7) is 9.97. The van der Waals surface area contributed by atoms with Crippen molar-refractivity contribution in [3.8, 4) is 0 Å². The molecule has 0 unspecified atom stereocenters. The number of aromatic nitrogens is 1. The lowest BCUT2D eigenvalue weighted by atomic mass is 9.65. The van der Waals surface area contributed by atoms with Gasteiger partial charge >= 0.3 is 5.97 Å². The van der Waals surface area contributed by atoms with Crippen molar-refractivity contribution in [2.45, 2.75) is 53.0 Å². The Labute approximate surface area is 159 Å². The first-order valence-electron chi connectivity index (χ1n) is 9.79. The van der Waals surface area contributed by atoms with Crippen LogP contribution in [0.1, 0.15) is 57.3 Å². The number of carbonyl (C=O) groups excluding carboxylic acids is 1. The van der Waals surface area contributed by atoms with Gasteiger partial charge < -0.3 is 9.64 Å². The number of nitrogens with one attached hydrogen (secondary N) is 1. The first kappa shape index (κ1) is 18.2. The summed E-state index contributed by atoms with van der Waals surface area (Å²) in [5.41, 5.74) is 2.60. The molecule has 4 rings (SSSR count). The molecule has 1 aliphatic carbocycles. The van der Waals surface area contributed by atoms with Gasteiger partial charge in [-0.25, -0.2) is 14.2 Å². The van der Waals surface area contributed by atoms with Crippen molar-refractivity contribution in [2.24, 2.45) is 10.8 Å². The quantitative estimate of drug-likeness (QED) is 0.752. The minimum atomic E-state index is -0.360. The van der Waals surface area contributed by atoms with Crippen molar-refractivity contribution in [2.75, 3.05) is 18.1 Å². The Hall–Kier alpha value is -2.17. The van der Waals surface area contributed by atoms with Crippen LogP contribution < -0.4 is 9.88 Å². The maximum atomic E-state index is 14.1. The minimum Gasteiger partial charge on any atom is -0.462 e. The molecule has 2 aromatic rings. The van der Waals surface area contributed by atoms with Crippen LogP contribution in [-0.4, -0.2) is 25.2 Å². The number of anilines is 1. The van der Waals surface area contributed by atoms with E-state index in [1.165, 1.54) is 12.1 Å². The Morgan fingerprint density at radius 2 is 2.11 bits per heavy atom. The molecular weight excluding hydrogens is 343 g/mol. The molecule has 1 aliphatic heterocycles. The maximum Gasteiger partial charge on any atom is 0.346 e. The number of nitrogens with zero attached hydrogens (tertiary/aromatic N) is 1. The van der Waals surface area contributed by atoms with Crippen LogP contribution in [0.5, 0.6) is 0 Å². The Balaban J connectivity index is 1.90.